The van der Waals surface area contributed by atoms with E-state index in [4.69, 9.17) is 9.73 Å². The molecule has 0 spiro atoms. The van der Waals surface area contributed by atoms with Crippen molar-refractivity contribution >= 4 is 23.2 Å². The molecule has 1 aromatic carbocycles. The lowest BCUT2D eigenvalue weighted by Crippen LogP contribution is -2.58. The second kappa shape index (κ2) is 6.25. The van der Waals surface area contributed by atoms with Gasteiger partial charge in [0.25, 0.3) is 5.56 Å². The molecule has 8 heteroatoms. The molecular weight excluding hydrogens is 388 g/mol. The molecule has 3 atom stereocenters. The Morgan fingerprint density at radius 1 is 1.34 bits per heavy atom. The number of Topliss-reactive ketones (excluding diaryl/α,β-unsaturated/α-hetero) is 1. The van der Waals surface area contributed by atoms with Crippen LogP contribution in [0.5, 0.6) is 5.75 Å². The monoisotopic (exact) mass is 408 g/mol. The van der Waals surface area contributed by atoms with Crippen LogP contribution in [0.3, 0.4) is 0 Å². The SMILES string of the molecule is CCn1ccc(/C=c2/sc3n(c2=O)C2c4ccccc4OC(C)(N=3)C2C(C)=O)n1. The molecule has 3 unspecified atom stereocenters. The molecule has 0 aliphatic carbocycles. The minimum Gasteiger partial charge on any atom is -0.465 e. The van der Waals surface area contributed by atoms with E-state index in [1.54, 1.807) is 10.6 Å². The molecule has 29 heavy (non-hydrogen) atoms. The number of thiazole rings is 1. The normalized spacial score (nSPS) is 25.0. The fraction of sp³-hybridized carbons (Fsp3) is 0.333. The van der Waals surface area contributed by atoms with Crippen LogP contribution in [0, 0.1) is 5.92 Å². The maximum absolute atomic E-state index is 13.4. The third-order valence-electron chi connectivity index (χ3n) is 5.58. The number of para-hydroxylation sites is 1. The van der Waals surface area contributed by atoms with Gasteiger partial charge in [0.05, 0.1) is 16.3 Å². The predicted octanol–water partition coefficient (Wildman–Crippen LogP) is 1.49. The van der Waals surface area contributed by atoms with Gasteiger partial charge in [-0.1, -0.05) is 29.5 Å². The summed E-state index contributed by atoms with van der Waals surface area (Å²) in [6, 6.07) is 9.00. The Balaban J connectivity index is 1.78. The third kappa shape index (κ3) is 2.62. The highest BCUT2D eigenvalue weighted by Gasteiger charge is 2.53. The number of rotatable bonds is 3. The van der Waals surface area contributed by atoms with E-state index in [0.29, 0.717) is 15.1 Å². The summed E-state index contributed by atoms with van der Waals surface area (Å²) in [6.07, 6.45) is 3.66. The number of ether oxygens (including phenoxy) is 1. The van der Waals surface area contributed by atoms with E-state index < -0.39 is 17.7 Å². The molecule has 0 amide bonds. The van der Waals surface area contributed by atoms with Gasteiger partial charge in [0.15, 0.2) is 4.80 Å². The summed E-state index contributed by atoms with van der Waals surface area (Å²) in [5.41, 5.74) is 0.360. The van der Waals surface area contributed by atoms with E-state index >= 15 is 0 Å². The molecule has 2 aliphatic rings. The van der Waals surface area contributed by atoms with Gasteiger partial charge in [0.2, 0.25) is 5.72 Å². The maximum Gasteiger partial charge on any atom is 0.270 e. The zero-order chi connectivity index (χ0) is 20.3. The quantitative estimate of drug-likeness (QED) is 0.658. The van der Waals surface area contributed by atoms with E-state index in [1.807, 2.05) is 55.1 Å². The van der Waals surface area contributed by atoms with E-state index in [9.17, 15) is 9.59 Å². The van der Waals surface area contributed by atoms with Gasteiger partial charge >= 0.3 is 0 Å². The lowest BCUT2D eigenvalue weighted by molar-refractivity contribution is -0.132. The van der Waals surface area contributed by atoms with Gasteiger partial charge in [0.1, 0.15) is 17.5 Å². The number of aryl methyl sites for hydroxylation is 1. The van der Waals surface area contributed by atoms with Gasteiger partial charge in [-0.3, -0.25) is 18.8 Å². The van der Waals surface area contributed by atoms with Crippen LogP contribution in [0.4, 0.5) is 0 Å². The zero-order valence-corrected chi connectivity index (χ0v) is 17.1. The van der Waals surface area contributed by atoms with Crippen molar-refractivity contribution in [1.82, 2.24) is 14.3 Å². The minimum absolute atomic E-state index is 0.0493. The van der Waals surface area contributed by atoms with Crippen molar-refractivity contribution in [2.75, 3.05) is 0 Å². The summed E-state index contributed by atoms with van der Waals surface area (Å²) in [6.45, 7) is 6.13. The van der Waals surface area contributed by atoms with Crippen molar-refractivity contribution in [3.63, 3.8) is 0 Å². The second-order valence-electron chi connectivity index (χ2n) is 7.50. The largest absolute Gasteiger partial charge is 0.465 e. The molecule has 148 valence electrons. The molecule has 0 radical (unpaired) electrons. The Kier molecular flexibility index (Phi) is 3.89. The molecule has 3 aromatic rings. The average molecular weight is 408 g/mol. The second-order valence-corrected chi connectivity index (χ2v) is 8.51. The van der Waals surface area contributed by atoms with E-state index in [1.165, 1.54) is 18.3 Å². The molecule has 2 bridgehead atoms. The number of fused-ring (bicyclic) bond motifs is 6. The van der Waals surface area contributed by atoms with E-state index in [2.05, 4.69) is 5.10 Å². The molecule has 0 fully saturated rings. The molecule has 0 saturated heterocycles. The summed E-state index contributed by atoms with van der Waals surface area (Å²) in [5, 5.41) is 4.44. The predicted molar refractivity (Wildman–Crippen MR) is 109 cm³/mol. The van der Waals surface area contributed by atoms with Crippen molar-refractivity contribution in [3.05, 3.63) is 67.5 Å². The topological polar surface area (TPSA) is 78.5 Å². The van der Waals surface area contributed by atoms with Crippen molar-refractivity contribution in [2.24, 2.45) is 10.9 Å². The van der Waals surface area contributed by atoms with Crippen molar-refractivity contribution in [2.45, 2.75) is 39.1 Å². The fourth-order valence-corrected chi connectivity index (χ4v) is 5.40. The highest BCUT2D eigenvalue weighted by Crippen LogP contribution is 2.47. The van der Waals surface area contributed by atoms with Gasteiger partial charge in [-0.25, -0.2) is 4.99 Å². The summed E-state index contributed by atoms with van der Waals surface area (Å²) in [7, 11) is 0. The van der Waals surface area contributed by atoms with Gasteiger partial charge in [-0.05, 0) is 39.0 Å². The van der Waals surface area contributed by atoms with Gasteiger partial charge in [-0.15, -0.1) is 0 Å². The number of hydrogen-bond donors (Lipinski definition) is 0. The van der Waals surface area contributed by atoms with Crippen LogP contribution < -0.4 is 19.6 Å². The van der Waals surface area contributed by atoms with E-state index in [-0.39, 0.29) is 11.3 Å². The number of benzene rings is 1. The van der Waals surface area contributed by atoms with Crippen LogP contribution in [-0.2, 0) is 11.3 Å². The van der Waals surface area contributed by atoms with Crippen LogP contribution in [0.2, 0.25) is 0 Å². The first-order valence-electron chi connectivity index (χ1n) is 9.56. The lowest BCUT2D eigenvalue weighted by Gasteiger charge is -2.45. The zero-order valence-electron chi connectivity index (χ0n) is 16.3. The Labute approximate surface area is 170 Å². The van der Waals surface area contributed by atoms with Crippen molar-refractivity contribution in [3.8, 4) is 5.75 Å². The molecule has 2 aliphatic heterocycles. The molecule has 7 nitrogen and oxygen atoms in total. The third-order valence-corrected chi connectivity index (χ3v) is 6.56. The first kappa shape index (κ1) is 18.1. The highest BCUT2D eigenvalue weighted by atomic mass is 32.1. The van der Waals surface area contributed by atoms with Crippen molar-refractivity contribution < 1.29 is 9.53 Å². The van der Waals surface area contributed by atoms with Crippen molar-refractivity contribution in [1.29, 1.82) is 0 Å². The van der Waals surface area contributed by atoms with E-state index in [0.717, 1.165) is 17.8 Å². The smallest absolute Gasteiger partial charge is 0.270 e. The number of ketones is 1. The molecule has 5 rings (SSSR count). The summed E-state index contributed by atoms with van der Waals surface area (Å²) < 4.78 is 10.2. The van der Waals surface area contributed by atoms with Gasteiger partial charge in [0, 0.05) is 18.3 Å². The van der Waals surface area contributed by atoms with Gasteiger partial charge < -0.3 is 4.74 Å². The first-order valence-corrected chi connectivity index (χ1v) is 10.4. The molecule has 2 aromatic heterocycles. The first-order chi connectivity index (χ1) is 13.9. The summed E-state index contributed by atoms with van der Waals surface area (Å²) >= 11 is 1.31. The maximum atomic E-state index is 13.4. The van der Waals surface area contributed by atoms with Crippen LogP contribution in [0.25, 0.3) is 6.08 Å². The molecular formula is C21H20N4O3S. The van der Waals surface area contributed by atoms with Gasteiger partial charge in [-0.2, -0.15) is 5.10 Å². The Hall–Kier alpha value is -3.00. The Morgan fingerprint density at radius 2 is 2.14 bits per heavy atom. The fourth-order valence-electron chi connectivity index (χ4n) is 4.32. The summed E-state index contributed by atoms with van der Waals surface area (Å²) in [4.78, 5) is 31.3. The Bertz CT molecular complexity index is 1320. The lowest BCUT2D eigenvalue weighted by atomic mass is 9.79. The standard InChI is InChI=1S/C21H20N4O3S/c1-4-24-10-9-13(23-24)11-16-19(27)25-18-14-7-5-6-8-15(14)28-21(3,17(18)12(2)26)22-20(25)29-16/h5-11,17-18H,4H2,1-3H3/b16-11+. The Morgan fingerprint density at radius 3 is 2.86 bits per heavy atom. The van der Waals surface area contributed by atoms with Crippen LogP contribution >= 0.6 is 11.3 Å². The van der Waals surface area contributed by atoms with Crippen LogP contribution in [0.15, 0.2) is 46.3 Å². The summed E-state index contributed by atoms with van der Waals surface area (Å²) in [5.74, 6) is 0.0493. The average Bonchev–Trinajstić information content (AvgIpc) is 3.25. The van der Waals surface area contributed by atoms with Crippen LogP contribution in [0.1, 0.15) is 38.1 Å². The molecule has 0 saturated carbocycles. The number of hydrogen-bond acceptors (Lipinski definition) is 6. The highest BCUT2D eigenvalue weighted by molar-refractivity contribution is 7.07. The number of carbonyl (C=O) groups is 1. The number of carbonyl (C=O) groups excluding carboxylic acids is 1. The molecule has 0 N–H and O–H groups in total. The number of nitrogens with zero attached hydrogens (tertiary/aromatic N) is 4. The minimum atomic E-state index is -1.04. The number of aromatic nitrogens is 3. The van der Waals surface area contributed by atoms with Crippen LogP contribution in [-0.4, -0.2) is 25.9 Å². The molecule has 4 heterocycles.